The lowest BCUT2D eigenvalue weighted by atomic mass is 9.77. The number of aryl methyl sites for hydroxylation is 2. The van der Waals surface area contributed by atoms with Crippen LogP contribution in [0.4, 0.5) is 13.2 Å². The van der Waals surface area contributed by atoms with E-state index in [0.717, 1.165) is 76.4 Å². The normalized spacial score (nSPS) is 17.1. The van der Waals surface area contributed by atoms with E-state index in [4.69, 9.17) is 4.74 Å². The Labute approximate surface area is 262 Å². The maximum Gasteiger partial charge on any atom is 0.389 e. The van der Waals surface area contributed by atoms with Gasteiger partial charge in [0.25, 0.3) is 0 Å². The summed E-state index contributed by atoms with van der Waals surface area (Å²) in [7, 11) is 1.74. The summed E-state index contributed by atoms with van der Waals surface area (Å²) in [6.45, 7) is 4.73. The molecule has 0 unspecified atom stereocenters. The van der Waals surface area contributed by atoms with Crippen LogP contribution in [0.2, 0.25) is 0 Å². The van der Waals surface area contributed by atoms with E-state index < -0.39 is 12.6 Å². The van der Waals surface area contributed by atoms with Gasteiger partial charge in [-0.2, -0.15) is 13.2 Å². The molecule has 44 heavy (non-hydrogen) atoms. The first kappa shape index (κ1) is 34.0. The van der Waals surface area contributed by atoms with E-state index in [2.05, 4.69) is 73.3 Å². The van der Waals surface area contributed by atoms with E-state index in [9.17, 15) is 18.3 Å². The Morgan fingerprint density at radius 3 is 1.91 bits per heavy atom. The number of aliphatic hydroxyl groups is 1. The van der Waals surface area contributed by atoms with Crippen LogP contribution in [0.1, 0.15) is 93.2 Å². The summed E-state index contributed by atoms with van der Waals surface area (Å²) in [5, 5.41) is 9.29. The molecule has 0 atom stereocenters. The molecule has 2 nitrogen and oxygen atoms in total. The predicted octanol–water partition coefficient (Wildman–Crippen LogP) is 10.9. The third-order valence-corrected chi connectivity index (χ3v) is 9.19. The van der Waals surface area contributed by atoms with Crippen LogP contribution in [0.5, 0.6) is 0 Å². The first-order valence-electron chi connectivity index (χ1n) is 16.4. The monoisotopic (exact) mass is 606 g/mol. The maximum absolute atomic E-state index is 12.4. The number of halogens is 3. The van der Waals surface area contributed by atoms with Crippen molar-refractivity contribution in [2.24, 2.45) is 5.92 Å². The number of hydrogen-bond donors (Lipinski definition) is 1. The van der Waals surface area contributed by atoms with Gasteiger partial charge in [0.1, 0.15) is 0 Å². The lowest BCUT2D eigenvalue weighted by Gasteiger charge is -2.29. The Morgan fingerprint density at radius 1 is 0.773 bits per heavy atom. The van der Waals surface area contributed by atoms with Crippen molar-refractivity contribution >= 4 is 0 Å². The van der Waals surface area contributed by atoms with Crippen molar-refractivity contribution in [1.82, 2.24) is 0 Å². The molecule has 1 saturated carbocycles. The Hall–Kier alpha value is -2.89. The minimum absolute atomic E-state index is 0.0533. The molecule has 0 heterocycles. The number of hydrogen-bond acceptors (Lipinski definition) is 2. The quantitative estimate of drug-likeness (QED) is 0.130. The van der Waals surface area contributed by atoms with Crippen molar-refractivity contribution in [3.05, 3.63) is 95.6 Å². The number of benzene rings is 3. The molecule has 4 rings (SSSR count). The summed E-state index contributed by atoms with van der Waals surface area (Å²) in [6, 6.07) is 24.7. The Morgan fingerprint density at radius 2 is 1.34 bits per heavy atom. The van der Waals surface area contributed by atoms with E-state index in [1.807, 2.05) is 0 Å². The third kappa shape index (κ3) is 10.9. The van der Waals surface area contributed by atoms with E-state index >= 15 is 0 Å². The lowest BCUT2D eigenvalue weighted by molar-refractivity contribution is -0.135. The molecule has 0 amide bonds. The number of unbranched alkanes of at least 4 members (excludes halogenated alkanes) is 1. The molecule has 0 radical (unpaired) electrons. The zero-order chi connectivity index (χ0) is 31.4. The maximum atomic E-state index is 12.4. The number of ether oxygens (including phenoxy) is 1. The van der Waals surface area contributed by atoms with Crippen LogP contribution in [0.25, 0.3) is 22.3 Å². The topological polar surface area (TPSA) is 29.5 Å². The van der Waals surface area contributed by atoms with Gasteiger partial charge in [-0.05, 0) is 115 Å². The van der Waals surface area contributed by atoms with Gasteiger partial charge in [-0.3, -0.25) is 0 Å². The smallest absolute Gasteiger partial charge is 0.389 e. The summed E-state index contributed by atoms with van der Waals surface area (Å²) < 4.78 is 42.5. The molecule has 0 saturated heterocycles. The van der Waals surface area contributed by atoms with Crippen molar-refractivity contribution in [2.45, 2.75) is 95.6 Å². The fourth-order valence-electron chi connectivity index (χ4n) is 6.61. The Balaban J connectivity index is 1.35. The van der Waals surface area contributed by atoms with Gasteiger partial charge in [0.15, 0.2) is 0 Å². The minimum Gasteiger partial charge on any atom is -0.392 e. The summed E-state index contributed by atoms with van der Waals surface area (Å²) >= 11 is 0. The van der Waals surface area contributed by atoms with Crippen LogP contribution >= 0.6 is 0 Å². The molecule has 0 spiro atoms. The summed E-state index contributed by atoms with van der Waals surface area (Å²) in [6.07, 6.45) is 6.42. The summed E-state index contributed by atoms with van der Waals surface area (Å²) in [4.78, 5) is 0. The highest BCUT2D eigenvalue weighted by Gasteiger charge is 2.27. The summed E-state index contributed by atoms with van der Waals surface area (Å²) in [5.74, 6) is 1.12. The molecule has 5 heteroatoms. The first-order chi connectivity index (χ1) is 21.2. The van der Waals surface area contributed by atoms with E-state index in [-0.39, 0.29) is 13.0 Å². The zero-order valence-electron chi connectivity index (χ0n) is 26.3. The fraction of sp³-hybridized carbons (Fsp3) is 0.487. The van der Waals surface area contributed by atoms with Crippen molar-refractivity contribution in [2.75, 3.05) is 20.3 Å². The van der Waals surface area contributed by atoms with Crippen molar-refractivity contribution < 1.29 is 23.0 Å². The first-order valence-corrected chi connectivity index (χ1v) is 16.4. The largest absolute Gasteiger partial charge is 0.392 e. The van der Waals surface area contributed by atoms with Gasteiger partial charge in [-0.25, -0.2) is 0 Å². The van der Waals surface area contributed by atoms with Gasteiger partial charge in [-0.1, -0.05) is 91.7 Å². The molecule has 1 N–H and O–H groups in total. The fourth-order valence-corrected chi connectivity index (χ4v) is 6.61. The number of rotatable bonds is 16. The van der Waals surface area contributed by atoms with Crippen LogP contribution in [0.15, 0.2) is 78.9 Å². The molecule has 3 aromatic carbocycles. The van der Waals surface area contributed by atoms with E-state index in [0.29, 0.717) is 18.3 Å². The molecule has 238 valence electrons. The van der Waals surface area contributed by atoms with Crippen molar-refractivity contribution in [3.8, 4) is 22.3 Å². The van der Waals surface area contributed by atoms with Gasteiger partial charge in [0.2, 0.25) is 0 Å². The SMILES string of the molecule is C=C(CO)CCCc1cc(CCCOC)cc(-c2ccc(-c3ccc(C4CCC(CCCCC(F)(F)F)CC4)cc3)cc2)c1. The zero-order valence-corrected chi connectivity index (χ0v) is 26.3. The highest BCUT2D eigenvalue weighted by molar-refractivity contribution is 5.71. The molecule has 0 aliphatic heterocycles. The minimum atomic E-state index is -4.02. The average Bonchev–Trinajstić information content (AvgIpc) is 3.03. The number of methoxy groups -OCH3 is 1. The molecular formula is C39H49F3O2. The Bertz CT molecular complexity index is 1290. The number of aliphatic hydroxyl groups excluding tert-OH is 1. The van der Waals surface area contributed by atoms with Crippen LogP contribution in [-0.2, 0) is 17.6 Å². The van der Waals surface area contributed by atoms with Gasteiger partial charge in [-0.15, -0.1) is 0 Å². The van der Waals surface area contributed by atoms with Crippen molar-refractivity contribution in [3.63, 3.8) is 0 Å². The molecule has 1 aliphatic carbocycles. The van der Waals surface area contributed by atoms with Crippen molar-refractivity contribution in [1.29, 1.82) is 0 Å². The molecule has 1 aliphatic rings. The highest BCUT2D eigenvalue weighted by atomic mass is 19.4. The molecule has 1 fully saturated rings. The van der Waals surface area contributed by atoms with Gasteiger partial charge < -0.3 is 9.84 Å². The standard InChI is InChI=1S/C39H49F3O2/c1-29(28-43)7-5-9-31-25-32(10-6-24-44-2)27-38(26-31)37-21-19-36(20-22-37)35-17-15-34(16-18-35)33-13-11-30(12-14-33)8-3-4-23-39(40,41)42/h15-22,25-27,30,33,43H,1,3-14,23-24,28H2,2H3. The van der Waals surface area contributed by atoms with Gasteiger partial charge in [0, 0.05) is 20.1 Å². The lowest BCUT2D eigenvalue weighted by Crippen LogP contribution is -2.14. The second kappa shape index (κ2) is 17.0. The van der Waals surface area contributed by atoms with E-state index in [1.165, 1.54) is 38.9 Å². The second-order valence-corrected chi connectivity index (χ2v) is 12.7. The average molecular weight is 607 g/mol. The molecule has 3 aromatic rings. The number of alkyl halides is 3. The summed E-state index contributed by atoms with van der Waals surface area (Å²) in [5.41, 5.74) is 9.74. The van der Waals surface area contributed by atoms with Crippen LogP contribution in [0.3, 0.4) is 0 Å². The van der Waals surface area contributed by atoms with Crippen LogP contribution < -0.4 is 0 Å². The van der Waals surface area contributed by atoms with Gasteiger partial charge in [0.05, 0.1) is 6.61 Å². The van der Waals surface area contributed by atoms with Gasteiger partial charge >= 0.3 is 6.18 Å². The molecular weight excluding hydrogens is 557 g/mol. The van der Waals surface area contributed by atoms with Crippen LogP contribution in [-0.4, -0.2) is 31.6 Å². The third-order valence-electron chi connectivity index (χ3n) is 9.19. The second-order valence-electron chi connectivity index (χ2n) is 12.7. The molecule has 0 bridgehead atoms. The Kier molecular flexibility index (Phi) is 13.1. The molecule has 0 aromatic heterocycles. The highest BCUT2D eigenvalue weighted by Crippen LogP contribution is 2.39. The van der Waals surface area contributed by atoms with E-state index in [1.54, 1.807) is 7.11 Å². The van der Waals surface area contributed by atoms with Crippen LogP contribution in [0, 0.1) is 5.92 Å². The predicted molar refractivity (Wildman–Crippen MR) is 176 cm³/mol.